The molecule has 0 aliphatic heterocycles. The van der Waals surface area contributed by atoms with Crippen molar-refractivity contribution in [2.24, 2.45) is 0 Å². The van der Waals surface area contributed by atoms with E-state index in [4.69, 9.17) is 21.4 Å². The third-order valence-electron chi connectivity index (χ3n) is 2.43. The van der Waals surface area contributed by atoms with Crippen molar-refractivity contribution in [3.05, 3.63) is 27.7 Å². The molecular formula is C12H14BrClN2O4. The van der Waals surface area contributed by atoms with E-state index in [0.29, 0.717) is 15.2 Å². The zero-order chi connectivity index (χ0) is 15.1. The second kappa shape index (κ2) is 8.08. The van der Waals surface area contributed by atoms with Crippen molar-refractivity contribution in [3.8, 4) is 0 Å². The second-order valence-electron chi connectivity index (χ2n) is 3.89. The summed E-state index contributed by atoms with van der Waals surface area (Å²) in [5.74, 6) is -0.989. The maximum atomic E-state index is 11.7. The van der Waals surface area contributed by atoms with Crippen LogP contribution in [0.2, 0.25) is 5.02 Å². The molecule has 1 aromatic carbocycles. The summed E-state index contributed by atoms with van der Waals surface area (Å²) < 4.78 is 5.53. The summed E-state index contributed by atoms with van der Waals surface area (Å²) in [7, 11) is 1.39. The minimum Gasteiger partial charge on any atom is -0.481 e. The Hall–Kier alpha value is -1.31. The number of carbonyl (C=O) groups is 2. The third kappa shape index (κ3) is 5.36. The number of hydrogen-bond acceptors (Lipinski definition) is 3. The van der Waals surface area contributed by atoms with Gasteiger partial charge in [-0.1, -0.05) is 17.7 Å². The quantitative estimate of drug-likeness (QED) is 0.723. The number of methoxy groups -OCH3 is 1. The van der Waals surface area contributed by atoms with Crippen molar-refractivity contribution in [1.82, 2.24) is 5.32 Å². The van der Waals surface area contributed by atoms with Crippen LogP contribution in [-0.2, 0) is 9.53 Å². The summed E-state index contributed by atoms with van der Waals surface area (Å²) >= 11 is 9.16. The van der Waals surface area contributed by atoms with E-state index in [9.17, 15) is 9.59 Å². The summed E-state index contributed by atoms with van der Waals surface area (Å²) in [6.45, 7) is 0.0901. The van der Waals surface area contributed by atoms with E-state index < -0.39 is 18.1 Å². The fraction of sp³-hybridized carbons (Fsp3) is 0.333. The van der Waals surface area contributed by atoms with Gasteiger partial charge in [0.15, 0.2) is 0 Å². The summed E-state index contributed by atoms with van der Waals surface area (Å²) in [6, 6.07) is 4.59. The monoisotopic (exact) mass is 364 g/mol. The molecule has 1 unspecified atom stereocenters. The number of ether oxygens (including phenoxy) is 1. The van der Waals surface area contributed by atoms with E-state index >= 15 is 0 Å². The number of urea groups is 1. The zero-order valence-electron chi connectivity index (χ0n) is 10.7. The standard InChI is InChI=1S/C12H14BrClN2O4/c1-20-7(5-10(17)18)6-15-12(19)16-9-4-2-3-8(14)11(9)13/h2-4,7H,5-6H2,1H3,(H,17,18)(H2,15,16,19). The number of anilines is 1. The van der Waals surface area contributed by atoms with Gasteiger partial charge < -0.3 is 20.5 Å². The molecule has 0 radical (unpaired) electrons. The van der Waals surface area contributed by atoms with Gasteiger partial charge in [0.05, 0.1) is 27.7 Å². The fourth-order valence-corrected chi connectivity index (χ4v) is 1.94. The van der Waals surface area contributed by atoms with Crippen LogP contribution in [-0.4, -0.2) is 36.9 Å². The van der Waals surface area contributed by atoms with Gasteiger partial charge >= 0.3 is 12.0 Å². The molecule has 110 valence electrons. The van der Waals surface area contributed by atoms with E-state index in [1.165, 1.54) is 7.11 Å². The predicted octanol–water partition coefficient (Wildman–Crippen LogP) is 2.71. The number of hydrogen-bond donors (Lipinski definition) is 3. The first-order chi connectivity index (χ1) is 9.43. The van der Waals surface area contributed by atoms with E-state index in [2.05, 4.69) is 26.6 Å². The van der Waals surface area contributed by atoms with Gasteiger partial charge in [0, 0.05) is 13.7 Å². The summed E-state index contributed by atoms with van der Waals surface area (Å²) in [5, 5.41) is 14.3. The number of carboxylic acids is 1. The number of halogens is 2. The first kappa shape index (κ1) is 16.7. The molecule has 2 amide bonds. The fourth-order valence-electron chi connectivity index (χ4n) is 1.41. The molecule has 1 rings (SSSR count). The normalized spacial score (nSPS) is 11.8. The molecule has 8 heteroatoms. The van der Waals surface area contributed by atoms with E-state index in [1.807, 2.05) is 0 Å². The van der Waals surface area contributed by atoms with Gasteiger partial charge in [-0.3, -0.25) is 4.79 Å². The lowest BCUT2D eigenvalue weighted by atomic mass is 10.2. The molecule has 1 atom stereocenters. The Labute approximate surface area is 129 Å². The molecule has 0 heterocycles. The highest BCUT2D eigenvalue weighted by Gasteiger charge is 2.14. The average molecular weight is 366 g/mol. The van der Waals surface area contributed by atoms with E-state index in [1.54, 1.807) is 18.2 Å². The van der Waals surface area contributed by atoms with Gasteiger partial charge in [-0.25, -0.2) is 4.79 Å². The Balaban J connectivity index is 2.51. The van der Waals surface area contributed by atoms with Gasteiger partial charge in [0.1, 0.15) is 0 Å². The smallest absolute Gasteiger partial charge is 0.319 e. The van der Waals surface area contributed by atoms with Crippen LogP contribution >= 0.6 is 27.5 Å². The first-order valence-corrected chi connectivity index (χ1v) is 6.84. The Morgan fingerprint density at radius 1 is 1.50 bits per heavy atom. The number of nitrogens with one attached hydrogen (secondary N) is 2. The van der Waals surface area contributed by atoms with E-state index in [-0.39, 0.29) is 13.0 Å². The lowest BCUT2D eigenvalue weighted by Crippen LogP contribution is -2.37. The lowest BCUT2D eigenvalue weighted by Gasteiger charge is -2.15. The van der Waals surface area contributed by atoms with Crippen LogP contribution in [0.25, 0.3) is 0 Å². The molecular weight excluding hydrogens is 351 g/mol. The van der Waals surface area contributed by atoms with Crippen LogP contribution in [0, 0.1) is 0 Å². The van der Waals surface area contributed by atoms with Crippen LogP contribution in [0.3, 0.4) is 0 Å². The van der Waals surface area contributed by atoms with Gasteiger partial charge in [-0.05, 0) is 28.1 Å². The van der Waals surface area contributed by atoms with Crippen molar-refractivity contribution >= 4 is 45.2 Å². The largest absolute Gasteiger partial charge is 0.481 e. The number of rotatable bonds is 6. The summed E-state index contributed by atoms with van der Waals surface area (Å²) in [5.41, 5.74) is 0.516. The number of carboxylic acid groups (broad SMARTS) is 1. The first-order valence-electron chi connectivity index (χ1n) is 5.67. The molecule has 0 saturated carbocycles. The highest BCUT2D eigenvalue weighted by Crippen LogP contribution is 2.29. The zero-order valence-corrected chi connectivity index (χ0v) is 13.0. The molecule has 0 aromatic heterocycles. The van der Waals surface area contributed by atoms with Crippen LogP contribution in [0.1, 0.15) is 6.42 Å². The average Bonchev–Trinajstić information content (AvgIpc) is 2.39. The maximum Gasteiger partial charge on any atom is 0.319 e. The molecule has 6 nitrogen and oxygen atoms in total. The van der Waals surface area contributed by atoms with Crippen molar-refractivity contribution in [1.29, 1.82) is 0 Å². The second-order valence-corrected chi connectivity index (χ2v) is 5.09. The Kier molecular flexibility index (Phi) is 6.77. The highest BCUT2D eigenvalue weighted by atomic mass is 79.9. The van der Waals surface area contributed by atoms with Crippen molar-refractivity contribution in [2.75, 3.05) is 19.0 Å². The molecule has 3 N–H and O–H groups in total. The number of aliphatic carboxylic acids is 1. The van der Waals surface area contributed by atoms with Gasteiger partial charge in [-0.2, -0.15) is 0 Å². The number of amides is 2. The molecule has 0 aliphatic rings. The van der Waals surface area contributed by atoms with Crippen molar-refractivity contribution in [2.45, 2.75) is 12.5 Å². The Morgan fingerprint density at radius 3 is 2.80 bits per heavy atom. The molecule has 0 spiro atoms. The van der Waals surface area contributed by atoms with Gasteiger partial charge in [0.2, 0.25) is 0 Å². The molecule has 0 bridgehead atoms. The van der Waals surface area contributed by atoms with Crippen LogP contribution in [0.15, 0.2) is 22.7 Å². The van der Waals surface area contributed by atoms with E-state index in [0.717, 1.165) is 0 Å². The summed E-state index contributed by atoms with van der Waals surface area (Å²) in [6.07, 6.45) is -0.765. The SMILES string of the molecule is COC(CNC(=O)Nc1cccc(Cl)c1Br)CC(=O)O. The summed E-state index contributed by atoms with van der Waals surface area (Å²) in [4.78, 5) is 22.3. The minimum atomic E-state index is -0.989. The number of carbonyl (C=O) groups excluding carboxylic acids is 1. The Bertz CT molecular complexity index is 498. The minimum absolute atomic E-state index is 0.0901. The van der Waals surface area contributed by atoms with Gasteiger partial charge in [0.25, 0.3) is 0 Å². The molecule has 20 heavy (non-hydrogen) atoms. The maximum absolute atomic E-state index is 11.7. The lowest BCUT2D eigenvalue weighted by molar-refractivity contribution is -0.139. The highest BCUT2D eigenvalue weighted by molar-refractivity contribution is 9.10. The third-order valence-corrected chi connectivity index (χ3v) is 3.82. The van der Waals surface area contributed by atoms with Crippen LogP contribution in [0.4, 0.5) is 10.5 Å². The topological polar surface area (TPSA) is 87.7 Å². The molecule has 0 saturated heterocycles. The van der Waals surface area contributed by atoms with Crippen molar-refractivity contribution in [3.63, 3.8) is 0 Å². The van der Waals surface area contributed by atoms with Crippen LogP contribution in [0.5, 0.6) is 0 Å². The van der Waals surface area contributed by atoms with Crippen LogP contribution < -0.4 is 10.6 Å². The Morgan fingerprint density at radius 2 is 2.20 bits per heavy atom. The molecule has 0 aliphatic carbocycles. The van der Waals surface area contributed by atoms with Crippen molar-refractivity contribution < 1.29 is 19.4 Å². The molecule has 0 fully saturated rings. The predicted molar refractivity (Wildman–Crippen MR) is 79.2 cm³/mol. The molecule has 1 aromatic rings. The number of benzene rings is 1. The van der Waals surface area contributed by atoms with Gasteiger partial charge in [-0.15, -0.1) is 0 Å².